The molecule has 1 aromatic carbocycles. The highest BCUT2D eigenvalue weighted by Gasteiger charge is 2.18. The molecule has 0 saturated carbocycles. The molecular weight excluding hydrogens is 254 g/mol. The number of hydrogen-bond donors (Lipinski definition) is 0. The third kappa shape index (κ3) is 4.05. The number of methoxy groups -OCH3 is 1. The van der Waals surface area contributed by atoms with Gasteiger partial charge in [-0.05, 0) is 31.9 Å². The minimum Gasteiger partial charge on any atom is -0.491 e. The lowest BCUT2D eigenvalue weighted by Crippen LogP contribution is -2.38. The Balaban J connectivity index is 1.78. The van der Waals surface area contributed by atoms with Gasteiger partial charge in [-0.1, -0.05) is 12.1 Å². The van der Waals surface area contributed by atoms with Gasteiger partial charge in [-0.15, -0.1) is 0 Å². The van der Waals surface area contributed by atoms with Crippen molar-refractivity contribution in [2.24, 2.45) is 0 Å². The number of ether oxygens (including phenoxy) is 2. The van der Waals surface area contributed by atoms with Crippen LogP contribution in [0.3, 0.4) is 0 Å². The second-order valence-corrected chi connectivity index (χ2v) is 5.18. The molecule has 1 aromatic rings. The molecular formula is C16H23NO3. The van der Waals surface area contributed by atoms with E-state index in [0.717, 1.165) is 32.5 Å². The standard InChI is InChI=1S/C16H23NO3/c1-13(18)15-5-3-4-6-16(15)20-12-11-17-9-7-14(19-2)8-10-17/h3-6,14H,7-12H2,1-2H3. The summed E-state index contributed by atoms with van der Waals surface area (Å²) in [6.45, 7) is 5.18. The predicted octanol–water partition coefficient (Wildman–Crippen LogP) is 2.38. The van der Waals surface area contributed by atoms with Gasteiger partial charge in [0.15, 0.2) is 5.78 Å². The van der Waals surface area contributed by atoms with Crippen molar-refractivity contribution in [1.29, 1.82) is 0 Å². The average molecular weight is 277 g/mol. The van der Waals surface area contributed by atoms with E-state index in [2.05, 4.69) is 4.90 Å². The second-order valence-electron chi connectivity index (χ2n) is 5.18. The summed E-state index contributed by atoms with van der Waals surface area (Å²) in [5.74, 6) is 0.730. The van der Waals surface area contributed by atoms with Crippen LogP contribution < -0.4 is 4.74 Å². The van der Waals surface area contributed by atoms with Gasteiger partial charge >= 0.3 is 0 Å². The van der Waals surface area contributed by atoms with Crippen molar-refractivity contribution < 1.29 is 14.3 Å². The van der Waals surface area contributed by atoms with E-state index in [1.165, 1.54) is 0 Å². The van der Waals surface area contributed by atoms with E-state index in [1.807, 2.05) is 24.3 Å². The lowest BCUT2D eigenvalue weighted by Gasteiger charge is -2.30. The van der Waals surface area contributed by atoms with Crippen molar-refractivity contribution in [3.63, 3.8) is 0 Å². The molecule has 1 heterocycles. The lowest BCUT2D eigenvalue weighted by atomic mass is 10.1. The molecule has 0 unspecified atom stereocenters. The molecule has 0 radical (unpaired) electrons. The van der Waals surface area contributed by atoms with E-state index in [1.54, 1.807) is 14.0 Å². The molecule has 1 aliphatic heterocycles. The maximum absolute atomic E-state index is 11.5. The Labute approximate surface area is 120 Å². The minimum absolute atomic E-state index is 0.0431. The van der Waals surface area contributed by atoms with Crippen LogP contribution in [0.2, 0.25) is 0 Å². The highest BCUT2D eigenvalue weighted by Crippen LogP contribution is 2.18. The number of ketones is 1. The predicted molar refractivity (Wildman–Crippen MR) is 78.4 cm³/mol. The summed E-state index contributed by atoms with van der Waals surface area (Å²) in [5.41, 5.74) is 0.658. The molecule has 110 valence electrons. The number of nitrogens with zero attached hydrogens (tertiary/aromatic N) is 1. The van der Waals surface area contributed by atoms with Crippen LogP contribution in [0.25, 0.3) is 0 Å². The smallest absolute Gasteiger partial charge is 0.163 e. The summed E-state index contributed by atoms with van der Waals surface area (Å²) >= 11 is 0. The van der Waals surface area contributed by atoms with Crippen LogP contribution in [0.15, 0.2) is 24.3 Å². The SMILES string of the molecule is COC1CCN(CCOc2ccccc2C(C)=O)CC1. The zero-order valence-electron chi connectivity index (χ0n) is 12.3. The fourth-order valence-corrected chi connectivity index (χ4v) is 2.54. The van der Waals surface area contributed by atoms with Crippen molar-refractivity contribution in [2.45, 2.75) is 25.9 Å². The number of hydrogen-bond acceptors (Lipinski definition) is 4. The van der Waals surface area contributed by atoms with Crippen molar-refractivity contribution in [3.8, 4) is 5.75 Å². The van der Waals surface area contributed by atoms with E-state index >= 15 is 0 Å². The zero-order valence-corrected chi connectivity index (χ0v) is 12.3. The van der Waals surface area contributed by atoms with Gasteiger partial charge in [-0.3, -0.25) is 9.69 Å². The second kappa shape index (κ2) is 7.41. The van der Waals surface area contributed by atoms with E-state index in [-0.39, 0.29) is 5.78 Å². The summed E-state index contributed by atoms with van der Waals surface area (Å²) in [6, 6.07) is 7.42. The average Bonchev–Trinajstić information content (AvgIpc) is 2.48. The largest absolute Gasteiger partial charge is 0.491 e. The molecule has 2 rings (SSSR count). The van der Waals surface area contributed by atoms with Gasteiger partial charge in [0.05, 0.1) is 11.7 Å². The summed E-state index contributed by atoms with van der Waals surface area (Å²) < 4.78 is 11.1. The molecule has 0 bridgehead atoms. The molecule has 4 heteroatoms. The Kier molecular flexibility index (Phi) is 5.56. The van der Waals surface area contributed by atoms with Crippen molar-refractivity contribution >= 4 is 5.78 Å². The van der Waals surface area contributed by atoms with Crippen LogP contribution in [-0.4, -0.2) is 50.1 Å². The van der Waals surface area contributed by atoms with Gasteiger partial charge in [0, 0.05) is 26.7 Å². The van der Waals surface area contributed by atoms with Crippen LogP contribution in [0.4, 0.5) is 0 Å². The maximum Gasteiger partial charge on any atom is 0.163 e. The van der Waals surface area contributed by atoms with Gasteiger partial charge in [-0.25, -0.2) is 0 Å². The summed E-state index contributed by atoms with van der Waals surface area (Å²) in [6.07, 6.45) is 2.58. The number of carbonyl (C=O) groups is 1. The first kappa shape index (κ1) is 15.0. The van der Waals surface area contributed by atoms with E-state index in [9.17, 15) is 4.79 Å². The summed E-state index contributed by atoms with van der Waals surface area (Å²) in [7, 11) is 1.78. The molecule has 4 nitrogen and oxygen atoms in total. The molecule has 0 spiro atoms. The Bertz CT molecular complexity index is 439. The Hall–Kier alpha value is -1.39. The van der Waals surface area contributed by atoms with Crippen LogP contribution in [-0.2, 0) is 4.74 Å². The number of Topliss-reactive ketones (excluding diaryl/α,β-unsaturated/α-hetero) is 1. The monoisotopic (exact) mass is 277 g/mol. The zero-order chi connectivity index (χ0) is 14.4. The molecule has 1 aliphatic rings. The molecule has 0 atom stereocenters. The van der Waals surface area contributed by atoms with Gasteiger partial charge in [0.2, 0.25) is 0 Å². The van der Waals surface area contributed by atoms with E-state index in [4.69, 9.17) is 9.47 Å². The minimum atomic E-state index is 0.0431. The molecule has 0 aliphatic carbocycles. The molecule has 1 saturated heterocycles. The summed E-state index contributed by atoms with van der Waals surface area (Å²) in [4.78, 5) is 13.9. The number of rotatable bonds is 6. The van der Waals surface area contributed by atoms with Crippen molar-refractivity contribution in [2.75, 3.05) is 33.4 Å². The van der Waals surface area contributed by atoms with Crippen molar-refractivity contribution in [1.82, 2.24) is 4.90 Å². The molecule has 0 N–H and O–H groups in total. The Morgan fingerprint density at radius 3 is 2.65 bits per heavy atom. The van der Waals surface area contributed by atoms with Gasteiger partial charge in [-0.2, -0.15) is 0 Å². The third-order valence-electron chi connectivity index (χ3n) is 3.80. The maximum atomic E-state index is 11.5. The first-order valence-corrected chi connectivity index (χ1v) is 7.18. The van der Waals surface area contributed by atoms with Crippen molar-refractivity contribution in [3.05, 3.63) is 29.8 Å². The van der Waals surface area contributed by atoms with Gasteiger partial charge < -0.3 is 9.47 Å². The molecule has 0 amide bonds. The fourth-order valence-electron chi connectivity index (χ4n) is 2.54. The number of carbonyl (C=O) groups excluding carboxylic acids is 1. The topological polar surface area (TPSA) is 38.8 Å². The highest BCUT2D eigenvalue weighted by molar-refractivity contribution is 5.96. The Morgan fingerprint density at radius 1 is 1.30 bits per heavy atom. The van der Waals surface area contributed by atoms with Crippen LogP contribution in [0.5, 0.6) is 5.75 Å². The van der Waals surface area contributed by atoms with E-state index in [0.29, 0.717) is 24.0 Å². The van der Waals surface area contributed by atoms with Gasteiger partial charge in [0.1, 0.15) is 12.4 Å². The normalized spacial score (nSPS) is 17.1. The third-order valence-corrected chi connectivity index (χ3v) is 3.80. The lowest BCUT2D eigenvalue weighted by molar-refractivity contribution is 0.0374. The summed E-state index contributed by atoms with van der Waals surface area (Å²) in [5, 5.41) is 0. The van der Waals surface area contributed by atoms with Crippen LogP contribution in [0, 0.1) is 0 Å². The fraction of sp³-hybridized carbons (Fsp3) is 0.562. The molecule has 1 fully saturated rings. The van der Waals surface area contributed by atoms with Crippen LogP contribution in [0.1, 0.15) is 30.1 Å². The number of likely N-dealkylation sites (tertiary alicyclic amines) is 1. The van der Waals surface area contributed by atoms with Gasteiger partial charge in [0.25, 0.3) is 0 Å². The number of para-hydroxylation sites is 1. The Morgan fingerprint density at radius 2 is 2.00 bits per heavy atom. The highest BCUT2D eigenvalue weighted by atomic mass is 16.5. The van der Waals surface area contributed by atoms with E-state index < -0.39 is 0 Å². The molecule has 0 aromatic heterocycles. The first-order chi connectivity index (χ1) is 9.70. The number of piperidine rings is 1. The molecule has 20 heavy (non-hydrogen) atoms. The number of benzene rings is 1. The first-order valence-electron chi connectivity index (χ1n) is 7.18. The van der Waals surface area contributed by atoms with Crippen LogP contribution >= 0.6 is 0 Å². The quantitative estimate of drug-likeness (QED) is 0.748.